The molecule has 2 aromatic carbocycles. The zero-order valence-corrected chi connectivity index (χ0v) is 18.3. The molecule has 6 heteroatoms. The van der Waals surface area contributed by atoms with E-state index in [-0.39, 0.29) is 18.1 Å². The van der Waals surface area contributed by atoms with E-state index in [1.54, 1.807) is 17.3 Å². The molecule has 0 spiro atoms. The van der Waals surface area contributed by atoms with Gasteiger partial charge in [0.05, 0.1) is 6.54 Å². The van der Waals surface area contributed by atoms with Crippen LogP contribution in [0.5, 0.6) is 0 Å². The van der Waals surface area contributed by atoms with Crippen molar-refractivity contribution in [1.82, 2.24) is 20.2 Å². The molecule has 2 aromatic heterocycles. The number of aromatic amines is 1. The molecule has 0 atom stereocenters. The average molecular weight is 427 g/mol. The predicted octanol–water partition coefficient (Wildman–Crippen LogP) is 4.45. The van der Waals surface area contributed by atoms with Crippen LogP contribution in [-0.2, 0) is 19.6 Å². The Hall–Kier alpha value is -3.93. The van der Waals surface area contributed by atoms with Gasteiger partial charge in [-0.25, -0.2) is 4.79 Å². The number of aromatic nitrogens is 2. The van der Waals surface area contributed by atoms with E-state index in [1.165, 1.54) is 0 Å². The molecule has 6 nitrogen and oxygen atoms in total. The molecule has 0 radical (unpaired) electrons. The third kappa shape index (κ3) is 5.03. The van der Waals surface area contributed by atoms with E-state index in [1.807, 2.05) is 68.4 Å². The number of hydrogen-bond donors (Lipinski definition) is 2. The molecule has 0 aliphatic carbocycles. The molecule has 162 valence electrons. The van der Waals surface area contributed by atoms with Crippen molar-refractivity contribution in [2.45, 2.75) is 33.5 Å². The minimum absolute atomic E-state index is 0.186. The molecule has 0 aliphatic rings. The van der Waals surface area contributed by atoms with E-state index in [0.29, 0.717) is 18.7 Å². The van der Waals surface area contributed by atoms with Crippen LogP contribution in [0, 0.1) is 13.8 Å². The van der Waals surface area contributed by atoms with Gasteiger partial charge in [-0.15, -0.1) is 0 Å². The summed E-state index contributed by atoms with van der Waals surface area (Å²) in [6.45, 7) is 4.98. The Balaban J connectivity index is 1.61. The smallest absolute Gasteiger partial charge is 0.318 e. The van der Waals surface area contributed by atoms with Crippen molar-refractivity contribution >= 4 is 16.9 Å². The van der Waals surface area contributed by atoms with Crippen molar-refractivity contribution in [3.05, 3.63) is 111 Å². The number of urea groups is 1. The lowest BCUT2D eigenvalue weighted by molar-refractivity contribution is 0.191. The van der Waals surface area contributed by atoms with Crippen LogP contribution < -0.4 is 10.9 Å². The molecule has 0 saturated carbocycles. The lowest BCUT2D eigenvalue weighted by atomic mass is 10.0. The minimum atomic E-state index is -0.238. The largest absolute Gasteiger partial charge is 0.334 e. The molecular weight excluding hydrogens is 400 g/mol. The summed E-state index contributed by atoms with van der Waals surface area (Å²) in [7, 11) is 0. The number of carbonyl (C=O) groups excluding carboxylic acids is 1. The zero-order chi connectivity index (χ0) is 22.5. The van der Waals surface area contributed by atoms with Crippen LogP contribution in [-0.4, -0.2) is 20.9 Å². The Labute approximate surface area is 186 Å². The van der Waals surface area contributed by atoms with E-state index >= 15 is 0 Å². The van der Waals surface area contributed by atoms with Gasteiger partial charge >= 0.3 is 6.03 Å². The molecule has 4 aromatic rings. The first kappa shape index (κ1) is 21.3. The van der Waals surface area contributed by atoms with Gasteiger partial charge in [0.1, 0.15) is 0 Å². The summed E-state index contributed by atoms with van der Waals surface area (Å²) in [6.07, 6.45) is 3.43. The fraction of sp³-hybridized carbons (Fsp3) is 0.192. The number of carbonyl (C=O) groups is 1. The SMILES string of the molecule is Cc1cc(C)c2cc(CN(Cc3cccnc3)C(=O)NCc3ccccc3)c(=O)[nH]c2c1. The first-order valence-electron chi connectivity index (χ1n) is 10.6. The van der Waals surface area contributed by atoms with Crippen molar-refractivity contribution in [2.24, 2.45) is 0 Å². The minimum Gasteiger partial charge on any atom is -0.334 e. The van der Waals surface area contributed by atoms with Crippen molar-refractivity contribution in [3.63, 3.8) is 0 Å². The molecule has 0 fully saturated rings. The van der Waals surface area contributed by atoms with Crippen LogP contribution in [0.25, 0.3) is 10.9 Å². The molecule has 0 saturated heterocycles. The fourth-order valence-corrected chi connectivity index (χ4v) is 3.84. The number of aryl methyl sites for hydroxylation is 2. The van der Waals surface area contributed by atoms with Crippen molar-refractivity contribution in [2.75, 3.05) is 0 Å². The number of nitrogens with zero attached hydrogens (tertiary/aromatic N) is 2. The Morgan fingerprint density at radius 3 is 2.53 bits per heavy atom. The lowest BCUT2D eigenvalue weighted by Gasteiger charge is -2.23. The maximum atomic E-state index is 13.1. The third-order valence-electron chi connectivity index (χ3n) is 5.42. The monoisotopic (exact) mass is 426 g/mol. The van der Waals surface area contributed by atoms with Gasteiger partial charge in [-0.2, -0.15) is 0 Å². The number of pyridine rings is 2. The number of fused-ring (bicyclic) bond motifs is 1. The number of amides is 2. The molecule has 4 rings (SSSR count). The van der Waals surface area contributed by atoms with Crippen LogP contribution in [0.1, 0.15) is 27.8 Å². The van der Waals surface area contributed by atoms with Crippen LogP contribution in [0.3, 0.4) is 0 Å². The highest BCUT2D eigenvalue weighted by molar-refractivity contribution is 5.83. The van der Waals surface area contributed by atoms with Crippen molar-refractivity contribution < 1.29 is 4.79 Å². The van der Waals surface area contributed by atoms with Crippen LogP contribution >= 0.6 is 0 Å². The van der Waals surface area contributed by atoms with Gasteiger partial charge in [-0.05, 0) is 54.3 Å². The van der Waals surface area contributed by atoms with Gasteiger partial charge in [0.2, 0.25) is 0 Å². The number of benzene rings is 2. The molecule has 0 unspecified atom stereocenters. The average Bonchev–Trinajstić information content (AvgIpc) is 2.79. The summed E-state index contributed by atoms with van der Waals surface area (Å²) >= 11 is 0. The van der Waals surface area contributed by atoms with E-state index < -0.39 is 0 Å². The van der Waals surface area contributed by atoms with Crippen LogP contribution in [0.4, 0.5) is 4.79 Å². The van der Waals surface area contributed by atoms with Gasteiger partial charge < -0.3 is 15.2 Å². The maximum absolute atomic E-state index is 13.1. The molecule has 0 bridgehead atoms. The second kappa shape index (κ2) is 9.47. The summed E-state index contributed by atoms with van der Waals surface area (Å²) in [5.41, 5.74) is 5.26. The first-order valence-corrected chi connectivity index (χ1v) is 10.6. The predicted molar refractivity (Wildman–Crippen MR) is 126 cm³/mol. The van der Waals surface area contributed by atoms with Gasteiger partial charge in [0.15, 0.2) is 0 Å². The van der Waals surface area contributed by atoms with Gasteiger partial charge in [-0.3, -0.25) is 9.78 Å². The van der Waals surface area contributed by atoms with E-state index in [4.69, 9.17) is 0 Å². The molecule has 2 N–H and O–H groups in total. The highest BCUT2D eigenvalue weighted by Crippen LogP contribution is 2.19. The van der Waals surface area contributed by atoms with Crippen LogP contribution in [0.2, 0.25) is 0 Å². The number of nitrogens with one attached hydrogen (secondary N) is 2. The van der Waals surface area contributed by atoms with Gasteiger partial charge in [-0.1, -0.05) is 42.5 Å². The van der Waals surface area contributed by atoms with E-state index in [9.17, 15) is 9.59 Å². The van der Waals surface area contributed by atoms with E-state index in [0.717, 1.165) is 33.2 Å². The van der Waals surface area contributed by atoms with Crippen LogP contribution in [0.15, 0.2) is 77.9 Å². The fourth-order valence-electron chi connectivity index (χ4n) is 3.84. The Kier molecular flexibility index (Phi) is 6.31. The molecular formula is C26H26N4O2. The summed E-state index contributed by atoms with van der Waals surface area (Å²) in [6, 6.07) is 19.2. The second-order valence-electron chi connectivity index (χ2n) is 8.03. The molecule has 2 amide bonds. The Morgan fingerprint density at radius 1 is 1.00 bits per heavy atom. The number of rotatable bonds is 6. The summed E-state index contributed by atoms with van der Waals surface area (Å²) in [5, 5.41) is 3.95. The summed E-state index contributed by atoms with van der Waals surface area (Å²) < 4.78 is 0. The molecule has 32 heavy (non-hydrogen) atoms. The zero-order valence-electron chi connectivity index (χ0n) is 18.3. The standard InChI is InChI=1S/C26H26N4O2/c1-18-11-19(2)23-13-22(25(31)29-24(23)12-18)17-30(16-21-9-6-10-27-14-21)26(32)28-15-20-7-4-3-5-8-20/h3-14H,15-17H2,1-2H3,(H,28,32)(H,29,31). The molecule has 0 aliphatic heterocycles. The summed E-state index contributed by atoms with van der Waals surface area (Å²) in [5.74, 6) is 0. The quantitative estimate of drug-likeness (QED) is 0.478. The van der Waals surface area contributed by atoms with Crippen molar-refractivity contribution in [3.8, 4) is 0 Å². The number of hydrogen-bond acceptors (Lipinski definition) is 3. The van der Waals surface area contributed by atoms with Crippen molar-refractivity contribution in [1.29, 1.82) is 0 Å². The topological polar surface area (TPSA) is 78.1 Å². The van der Waals surface area contributed by atoms with E-state index in [2.05, 4.69) is 21.4 Å². The lowest BCUT2D eigenvalue weighted by Crippen LogP contribution is -2.39. The first-order chi connectivity index (χ1) is 15.5. The normalized spacial score (nSPS) is 10.8. The maximum Gasteiger partial charge on any atom is 0.318 e. The summed E-state index contributed by atoms with van der Waals surface area (Å²) in [4.78, 5) is 34.7. The van der Waals surface area contributed by atoms with Gasteiger partial charge in [0, 0.05) is 41.9 Å². The number of H-pyrrole nitrogens is 1. The Morgan fingerprint density at radius 2 is 1.78 bits per heavy atom. The van der Waals surface area contributed by atoms with Gasteiger partial charge in [0.25, 0.3) is 5.56 Å². The highest BCUT2D eigenvalue weighted by atomic mass is 16.2. The highest BCUT2D eigenvalue weighted by Gasteiger charge is 2.17. The second-order valence-corrected chi connectivity index (χ2v) is 8.03. The third-order valence-corrected chi connectivity index (χ3v) is 5.42. The molecule has 2 heterocycles. The Bertz CT molecular complexity index is 1280.